The number of amides is 2. The predicted octanol–water partition coefficient (Wildman–Crippen LogP) is 0.330. The minimum Gasteiger partial charge on any atom is -0.481 e. The largest absolute Gasteiger partial charge is 0.481 e. The van der Waals surface area contributed by atoms with Crippen LogP contribution in [0.2, 0.25) is 0 Å². The van der Waals surface area contributed by atoms with Gasteiger partial charge in [0.15, 0.2) is 0 Å². The van der Waals surface area contributed by atoms with Gasteiger partial charge in [-0.3, -0.25) is 14.4 Å². The van der Waals surface area contributed by atoms with Gasteiger partial charge in [-0.2, -0.15) is 11.8 Å². The highest BCUT2D eigenvalue weighted by Gasteiger charge is 2.48. The molecular weight excluding hydrogens is 318 g/mol. The van der Waals surface area contributed by atoms with E-state index in [1.54, 1.807) is 18.7 Å². The molecule has 0 aromatic carbocycles. The third kappa shape index (κ3) is 5.10. The Bertz CT molecular complexity index is 477. The standard InChI is InChI=1S/C15H27N3O4S/c1-8(17-12(22)9(16)6-10(19)20)11(21)18-13-14(2,3)7-23-15(13,4)5/h8-9,13H,6-7,16H2,1-5H3,(H,17,22)(H,18,21)(H,19,20)/t8-,9+,13?/m1/s1. The lowest BCUT2D eigenvalue weighted by atomic mass is 9.80. The van der Waals surface area contributed by atoms with Gasteiger partial charge in [0.2, 0.25) is 11.8 Å². The summed E-state index contributed by atoms with van der Waals surface area (Å²) in [6.07, 6.45) is -0.473. The quantitative estimate of drug-likeness (QED) is 0.550. The first-order valence-electron chi connectivity index (χ1n) is 7.59. The van der Waals surface area contributed by atoms with Crippen LogP contribution in [0.4, 0.5) is 0 Å². The van der Waals surface area contributed by atoms with E-state index in [-0.39, 0.29) is 22.1 Å². The molecule has 7 nitrogen and oxygen atoms in total. The molecule has 0 aliphatic carbocycles. The molecule has 3 atom stereocenters. The van der Waals surface area contributed by atoms with Crippen LogP contribution in [0.5, 0.6) is 0 Å². The number of aliphatic carboxylic acids is 1. The maximum absolute atomic E-state index is 12.4. The molecule has 1 rings (SSSR count). The Balaban J connectivity index is 2.64. The minimum atomic E-state index is -1.17. The van der Waals surface area contributed by atoms with Gasteiger partial charge in [0.1, 0.15) is 6.04 Å². The van der Waals surface area contributed by atoms with E-state index in [0.29, 0.717) is 0 Å². The van der Waals surface area contributed by atoms with Gasteiger partial charge in [-0.25, -0.2) is 0 Å². The maximum atomic E-state index is 12.4. The summed E-state index contributed by atoms with van der Waals surface area (Å²) < 4.78 is -0.0946. The summed E-state index contributed by atoms with van der Waals surface area (Å²) in [5.41, 5.74) is 5.44. The summed E-state index contributed by atoms with van der Waals surface area (Å²) in [4.78, 5) is 34.7. The van der Waals surface area contributed by atoms with Crippen molar-refractivity contribution in [1.29, 1.82) is 0 Å². The average Bonchev–Trinajstić information content (AvgIpc) is 2.60. The van der Waals surface area contributed by atoms with E-state index in [2.05, 4.69) is 38.3 Å². The van der Waals surface area contributed by atoms with Crippen molar-refractivity contribution < 1.29 is 19.5 Å². The highest BCUT2D eigenvalue weighted by molar-refractivity contribution is 8.01. The van der Waals surface area contributed by atoms with E-state index in [4.69, 9.17) is 10.8 Å². The molecule has 2 amide bonds. The molecule has 1 saturated heterocycles. The first kappa shape index (κ1) is 19.8. The summed E-state index contributed by atoms with van der Waals surface area (Å²) in [5, 5.41) is 14.1. The number of carbonyl (C=O) groups is 3. The number of nitrogens with one attached hydrogen (secondary N) is 2. The van der Waals surface area contributed by atoms with E-state index in [1.807, 2.05) is 0 Å². The van der Waals surface area contributed by atoms with Crippen LogP contribution in [0.25, 0.3) is 0 Å². The number of nitrogens with two attached hydrogens (primary N) is 1. The van der Waals surface area contributed by atoms with Gasteiger partial charge < -0.3 is 21.5 Å². The number of hydrogen-bond acceptors (Lipinski definition) is 5. The van der Waals surface area contributed by atoms with Crippen LogP contribution >= 0.6 is 11.8 Å². The van der Waals surface area contributed by atoms with Crippen LogP contribution in [0.3, 0.4) is 0 Å². The van der Waals surface area contributed by atoms with Gasteiger partial charge in [0.25, 0.3) is 0 Å². The average molecular weight is 345 g/mol. The molecule has 0 aromatic heterocycles. The summed E-state index contributed by atoms with van der Waals surface area (Å²) in [7, 11) is 0. The SMILES string of the molecule is C[C@@H](NC(=O)[C@@H](N)CC(=O)O)C(=O)NC1C(C)(C)CSC1(C)C. The first-order chi connectivity index (χ1) is 10.4. The third-order valence-corrected chi connectivity index (χ3v) is 5.93. The monoisotopic (exact) mass is 345 g/mol. The van der Waals surface area contributed by atoms with E-state index < -0.39 is 30.4 Å². The Labute approximate surface area is 141 Å². The summed E-state index contributed by atoms with van der Waals surface area (Å²) in [5.74, 6) is -1.16. The van der Waals surface area contributed by atoms with Crippen LogP contribution in [0, 0.1) is 5.41 Å². The second-order valence-corrected chi connectivity index (χ2v) is 8.89. The highest BCUT2D eigenvalue weighted by Crippen LogP contribution is 2.47. The van der Waals surface area contributed by atoms with Gasteiger partial charge in [-0.05, 0) is 26.2 Å². The molecular formula is C15H27N3O4S. The summed E-state index contributed by atoms with van der Waals surface area (Å²) in [6.45, 7) is 9.94. The molecule has 132 valence electrons. The van der Waals surface area contributed by atoms with Crippen LogP contribution in [0.1, 0.15) is 41.0 Å². The minimum absolute atomic E-state index is 0.0282. The Morgan fingerprint density at radius 3 is 2.26 bits per heavy atom. The molecule has 0 radical (unpaired) electrons. The molecule has 1 fully saturated rings. The van der Waals surface area contributed by atoms with Crippen LogP contribution in [-0.2, 0) is 14.4 Å². The maximum Gasteiger partial charge on any atom is 0.305 e. The topological polar surface area (TPSA) is 122 Å². The van der Waals surface area contributed by atoms with Gasteiger partial charge in [-0.15, -0.1) is 0 Å². The first-order valence-corrected chi connectivity index (χ1v) is 8.57. The molecule has 0 spiro atoms. The Morgan fingerprint density at radius 2 is 1.83 bits per heavy atom. The second kappa shape index (κ2) is 7.09. The molecule has 1 aliphatic heterocycles. The molecule has 1 unspecified atom stereocenters. The molecule has 0 saturated carbocycles. The van der Waals surface area contributed by atoms with Crippen LogP contribution in [0.15, 0.2) is 0 Å². The lowest BCUT2D eigenvalue weighted by molar-refractivity contribution is -0.139. The normalized spacial score (nSPS) is 24.5. The van der Waals surface area contributed by atoms with Crippen molar-refractivity contribution in [1.82, 2.24) is 10.6 Å². The number of carbonyl (C=O) groups excluding carboxylic acids is 2. The Morgan fingerprint density at radius 1 is 1.26 bits per heavy atom. The van der Waals surface area contributed by atoms with Gasteiger partial charge >= 0.3 is 5.97 Å². The van der Waals surface area contributed by atoms with Crippen molar-refractivity contribution >= 4 is 29.5 Å². The van der Waals surface area contributed by atoms with E-state index >= 15 is 0 Å². The smallest absolute Gasteiger partial charge is 0.305 e. The molecule has 8 heteroatoms. The number of hydrogen-bond donors (Lipinski definition) is 4. The molecule has 5 N–H and O–H groups in total. The Kier molecular flexibility index (Phi) is 6.09. The summed E-state index contributed by atoms with van der Waals surface area (Å²) in [6, 6.07) is -1.98. The second-order valence-electron chi connectivity index (χ2n) is 7.26. The number of rotatable bonds is 6. The fraction of sp³-hybridized carbons (Fsp3) is 0.800. The number of carboxylic acid groups (broad SMARTS) is 1. The zero-order chi connectivity index (χ0) is 18.0. The van der Waals surface area contributed by atoms with Gasteiger partial charge in [0, 0.05) is 16.5 Å². The fourth-order valence-corrected chi connectivity index (χ4v) is 4.24. The molecule has 23 heavy (non-hydrogen) atoms. The highest BCUT2D eigenvalue weighted by atomic mass is 32.2. The van der Waals surface area contributed by atoms with E-state index in [0.717, 1.165) is 5.75 Å². The zero-order valence-electron chi connectivity index (χ0n) is 14.3. The van der Waals surface area contributed by atoms with Gasteiger partial charge in [0.05, 0.1) is 12.5 Å². The zero-order valence-corrected chi connectivity index (χ0v) is 15.1. The van der Waals surface area contributed by atoms with Crippen molar-refractivity contribution in [2.45, 2.75) is 63.9 Å². The molecule has 1 aliphatic rings. The lowest BCUT2D eigenvalue weighted by Gasteiger charge is -2.35. The van der Waals surface area contributed by atoms with Crippen molar-refractivity contribution in [3.63, 3.8) is 0 Å². The van der Waals surface area contributed by atoms with E-state index in [1.165, 1.54) is 0 Å². The van der Waals surface area contributed by atoms with Crippen molar-refractivity contribution in [2.75, 3.05) is 5.75 Å². The van der Waals surface area contributed by atoms with Crippen molar-refractivity contribution in [3.05, 3.63) is 0 Å². The lowest BCUT2D eigenvalue weighted by Crippen LogP contribution is -2.57. The predicted molar refractivity (Wildman–Crippen MR) is 90.1 cm³/mol. The van der Waals surface area contributed by atoms with Crippen LogP contribution in [-0.4, -0.2) is 51.5 Å². The van der Waals surface area contributed by atoms with E-state index in [9.17, 15) is 14.4 Å². The molecule has 0 aromatic rings. The Hall–Kier alpha value is -1.28. The van der Waals surface area contributed by atoms with Gasteiger partial charge in [-0.1, -0.05) is 13.8 Å². The summed E-state index contributed by atoms with van der Waals surface area (Å²) >= 11 is 1.81. The molecule has 0 bridgehead atoms. The van der Waals surface area contributed by atoms with Crippen LogP contribution < -0.4 is 16.4 Å². The van der Waals surface area contributed by atoms with Crippen molar-refractivity contribution in [3.8, 4) is 0 Å². The third-order valence-electron chi connectivity index (χ3n) is 4.06. The number of thioether (sulfide) groups is 1. The number of carboxylic acids is 1. The fourth-order valence-electron chi connectivity index (χ4n) is 2.78. The van der Waals surface area contributed by atoms with Crippen molar-refractivity contribution in [2.24, 2.45) is 11.1 Å². The molecule has 1 heterocycles.